The molecule has 2 aliphatic heterocycles. The highest BCUT2D eigenvalue weighted by atomic mass is 16.6. The normalized spacial score (nSPS) is 23.4. The van der Waals surface area contributed by atoms with Gasteiger partial charge in [-0.15, -0.1) is 0 Å². The van der Waals surface area contributed by atoms with Gasteiger partial charge >= 0.3 is 0 Å². The van der Waals surface area contributed by atoms with Crippen LogP contribution in [0.25, 0.3) is 0 Å². The summed E-state index contributed by atoms with van der Waals surface area (Å²) in [4.78, 5) is 39.5. The standard InChI is InChI=1S/C24H29N3O4/c1-15-20(23(29)26-11-5-4-6-12-26)21(16-7-9-17(10-8-16)27(30)31)22-18(25-15)13-24(2,3)14-19(22)28/h7-10,21,25H,4-6,11-14H2,1-3H3/t21-/m0/s1. The molecule has 0 unspecified atom stereocenters. The van der Waals surface area contributed by atoms with Gasteiger partial charge in [0.2, 0.25) is 0 Å². The van der Waals surface area contributed by atoms with Gasteiger partial charge in [0, 0.05) is 60.1 Å². The maximum Gasteiger partial charge on any atom is 0.269 e. The number of hydrogen-bond donors (Lipinski definition) is 1. The van der Waals surface area contributed by atoms with Crippen molar-refractivity contribution in [2.45, 2.75) is 58.8 Å². The monoisotopic (exact) mass is 423 g/mol. The zero-order valence-electron chi connectivity index (χ0n) is 18.4. The van der Waals surface area contributed by atoms with E-state index in [4.69, 9.17) is 0 Å². The largest absolute Gasteiger partial charge is 0.362 e. The Morgan fingerprint density at radius 3 is 2.39 bits per heavy atom. The Morgan fingerprint density at radius 2 is 1.77 bits per heavy atom. The molecule has 3 aliphatic rings. The van der Waals surface area contributed by atoms with Gasteiger partial charge in [-0.25, -0.2) is 0 Å². The number of allylic oxidation sites excluding steroid dienone is 3. The van der Waals surface area contributed by atoms with E-state index in [1.165, 1.54) is 12.1 Å². The number of piperidine rings is 1. The molecule has 0 radical (unpaired) electrons. The van der Waals surface area contributed by atoms with Crippen LogP contribution in [0.5, 0.6) is 0 Å². The van der Waals surface area contributed by atoms with Crippen LogP contribution in [0.3, 0.4) is 0 Å². The first kappa shape index (κ1) is 21.3. The summed E-state index contributed by atoms with van der Waals surface area (Å²) in [5.74, 6) is -0.508. The lowest BCUT2D eigenvalue weighted by molar-refractivity contribution is -0.384. The third-order valence-electron chi connectivity index (χ3n) is 6.55. The minimum absolute atomic E-state index is 0.00685. The topological polar surface area (TPSA) is 92.6 Å². The molecule has 4 rings (SSSR count). The van der Waals surface area contributed by atoms with Crippen molar-refractivity contribution < 1.29 is 14.5 Å². The number of nitro groups is 1. The van der Waals surface area contributed by atoms with Crippen LogP contribution >= 0.6 is 0 Å². The molecule has 31 heavy (non-hydrogen) atoms. The Labute approximate surface area is 182 Å². The van der Waals surface area contributed by atoms with Crippen LogP contribution < -0.4 is 5.32 Å². The highest BCUT2D eigenvalue weighted by Crippen LogP contribution is 2.47. The van der Waals surface area contributed by atoms with Gasteiger partial charge in [0.1, 0.15) is 0 Å². The van der Waals surface area contributed by atoms with Crippen molar-refractivity contribution in [3.63, 3.8) is 0 Å². The fraction of sp³-hybridized carbons (Fsp3) is 0.500. The SMILES string of the molecule is CC1=C(C(=O)N2CCCCC2)[C@H](c2ccc([N+](=O)[O-])cc2)C2=C(CC(C)(C)CC2=O)N1. The molecule has 0 spiro atoms. The molecule has 164 valence electrons. The fourth-order valence-corrected chi connectivity index (χ4v) is 5.11. The van der Waals surface area contributed by atoms with E-state index in [-0.39, 0.29) is 22.8 Å². The predicted octanol–water partition coefficient (Wildman–Crippen LogP) is 4.21. The summed E-state index contributed by atoms with van der Waals surface area (Å²) in [6, 6.07) is 6.27. The molecule has 0 aromatic heterocycles. The first-order chi connectivity index (χ1) is 14.7. The van der Waals surface area contributed by atoms with Gasteiger partial charge in [0.25, 0.3) is 11.6 Å². The summed E-state index contributed by atoms with van der Waals surface area (Å²) >= 11 is 0. The number of carbonyl (C=O) groups excluding carboxylic acids is 2. The number of nitrogens with zero attached hydrogens (tertiary/aromatic N) is 2. The average molecular weight is 424 g/mol. The maximum atomic E-state index is 13.6. The number of dihydropyridines is 1. The lowest BCUT2D eigenvalue weighted by Gasteiger charge is -2.41. The molecular weight excluding hydrogens is 394 g/mol. The summed E-state index contributed by atoms with van der Waals surface area (Å²) in [5, 5.41) is 14.5. The Morgan fingerprint density at radius 1 is 1.13 bits per heavy atom. The minimum atomic E-state index is -0.505. The van der Waals surface area contributed by atoms with Gasteiger partial charge in [0.05, 0.1) is 4.92 Å². The summed E-state index contributed by atoms with van der Waals surface area (Å²) in [6.45, 7) is 7.48. The molecule has 7 nitrogen and oxygen atoms in total. The lowest BCUT2D eigenvalue weighted by atomic mass is 9.68. The zero-order valence-corrected chi connectivity index (χ0v) is 18.4. The van der Waals surface area contributed by atoms with Crippen LogP contribution in [0, 0.1) is 15.5 Å². The van der Waals surface area contributed by atoms with Crippen LogP contribution in [-0.2, 0) is 9.59 Å². The van der Waals surface area contributed by atoms with Crippen molar-refractivity contribution in [3.8, 4) is 0 Å². The summed E-state index contributed by atoms with van der Waals surface area (Å²) in [5.41, 5.74) is 3.44. The van der Waals surface area contributed by atoms with E-state index >= 15 is 0 Å². The Balaban J connectivity index is 1.82. The van der Waals surface area contributed by atoms with Crippen LogP contribution in [-0.4, -0.2) is 34.6 Å². The molecule has 1 N–H and O–H groups in total. The molecule has 2 heterocycles. The maximum absolute atomic E-state index is 13.6. The minimum Gasteiger partial charge on any atom is -0.362 e. The van der Waals surface area contributed by atoms with E-state index < -0.39 is 10.8 Å². The Kier molecular flexibility index (Phi) is 5.45. The molecule has 0 saturated carbocycles. The number of non-ortho nitro benzene ring substituents is 1. The van der Waals surface area contributed by atoms with Gasteiger partial charge in [-0.2, -0.15) is 0 Å². The second-order valence-electron chi connectivity index (χ2n) is 9.63. The smallest absolute Gasteiger partial charge is 0.269 e. The number of hydrogen-bond acceptors (Lipinski definition) is 5. The summed E-state index contributed by atoms with van der Waals surface area (Å²) < 4.78 is 0. The summed E-state index contributed by atoms with van der Waals surface area (Å²) in [7, 11) is 0. The van der Waals surface area contributed by atoms with Gasteiger partial charge < -0.3 is 10.2 Å². The number of nitro benzene ring substituents is 1. The van der Waals surface area contributed by atoms with Crippen LogP contribution in [0.2, 0.25) is 0 Å². The zero-order chi connectivity index (χ0) is 22.3. The molecule has 1 saturated heterocycles. The molecule has 1 fully saturated rings. The highest BCUT2D eigenvalue weighted by molar-refractivity contribution is 6.05. The van der Waals surface area contributed by atoms with Crippen LogP contribution in [0.4, 0.5) is 5.69 Å². The highest BCUT2D eigenvalue weighted by Gasteiger charge is 2.43. The van der Waals surface area contributed by atoms with Crippen molar-refractivity contribution in [1.29, 1.82) is 0 Å². The first-order valence-electron chi connectivity index (χ1n) is 11.0. The molecule has 1 aromatic carbocycles. The predicted molar refractivity (Wildman–Crippen MR) is 117 cm³/mol. The molecule has 1 aromatic rings. The number of Topliss-reactive ketones (excluding diaryl/α,β-unsaturated/α-hetero) is 1. The van der Waals surface area contributed by atoms with E-state index in [0.29, 0.717) is 17.6 Å². The fourth-order valence-electron chi connectivity index (χ4n) is 5.11. The van der Waals surface area contributed by atoms with E-state index in [0.717, 1.165) is 55.7 Å². The van der Waals surface area contributed by atoms with Crippen molar-refractivity contribution in [3.05, 3.63) is 62.5 Å². The van der Waals surface area contributed by atoms with Gasteiger partial charge in [-0.1, -0.05) is 26.0 Å². The number of ketones is 1. The van der Waals surface area contributed by atoms with Crippen molar-refractivity contribution in [1.82, 2.24) is 10.2 Å². The average Bonchev–Trinajstić information content (AvgIpc) is 2.72. The second-order valence-corrected chi connectivity index (χ2v) is 9.63. The Hall–Kier alpha value is -2.96. The van der Waals surface area contributed by atoms with Crippen LogP contribution in [0.15, 0.2) is 46.8 Å². The molecule has 0 bridgehead atoms. The number of carbonyl (C=O) groups is 2. The van der Waals surface area contributed by atoms with Crippen molar-refractivity contribution in [2.24, 2.45) is 5.41 Å². The van der Waals surface area contributed by atoms with Crippen molar-refractivity contribution in [2.75, 3.05) is 13.1 Å². The van der Waals surface area contributed by atoms with Crippen LogP contribution in [0.1, 0.15) is 64.4 Å². The third-order valence-corrected chi connectivity index (χ3v) is 6.55. The quantitative estimate of drug-likeness (QED) is 0.581. The second kappa shape index (κ2) is 7.94. The number of benzene rings is 1. The number of amides is 1. The van der Waals surface area contributed by atoms with Gasteiger partial charge in [-0.05, 0) is 43.6 Å². The first-order valence-corrected chi connectivity index (χ1v) is 11.0. The van der Waals surface area contributed by atoms with E-state index in [1.807, 2.05) is 11.8 Å². The number of rotatable bonds is 3. The molecule has 7 heteroatoms. The van der Waals surface area contributed by atoms with Crippen molar-refractivity contribution >= 4 is 17.4 Å². The number of likely N-dealkylation sites (tertiary alicyclic amines) is 1. The van der Waals surface area contributed by atoms with E-state index in [9.17, 15) is 19.7 Å². The molecule has 1 amide bonds. The van der Waals surface area contributed by atoms with E-state index in [1.54, 1.807) is 12.1 Å². The van der Waals surface area contributed by atoms with E-state index in [2.05, 4.69) is 19.2 Å². The third kappa shape index (κ3) is 4.01. The number of nitrogens with one attached hydrogen (secondary N) is 1. The summed E-state index contributed by atoms with van der Waals surface area (Å²) in [6.07, 6.45) is 4.22. The molecule has 1 aliphatic carbocycles. The molecular formula is C24H29N3O4. The Bertz CT molecular complexity index is 998. The van der Waals surface area contributed by atoms with Gasteiger partial charge in [-0.3, -0.25) is 19.7 Å². The molecule has 1 atom stereocenters. The van der Waals surface area contributed by atoms with Gasteiger partial charge in [0.15, 0.2) is 5.78 Å². The lowest BCUT2D eigenvalue weighted by Crippen LogP contribution is -2.43.